The van der Waals surface area contributed by atoms with E-state index in [9.17, 15) is 13.2 Å². The van der Waals surface area contributed by atoms with Gasteiger partial charge in [0.25, 0.3) is 5.91 Å². The van der Waals surface area contributed by atoms with Crippen molar-refractivity contribution in [2.45, 2.75) is 26.0 Å². The zero-order valence-corrected chi connectivity index (χ0v) is 20.0. The zero-order chi connectivity index (χ0) is 24.0. The molecular weight excluding hydrogens is 454 g/mol. The third-order valence-corrected chi connectivity index (χ3v) is 7.22. The Labute approximate surface area is 198 Å². The zero-order valence-electron chi connectivity index (χ0n) is 19.2. The van der Waals surface area contributed by atoms with Crippen molar-refractivity contribution >= 4 is 38.9 Å². The lowest BCUT2D eigenvalue weighted by Gasteiger charge is -2.23. The van der Waals surface area contributed by atoms with Gasteiger partial charge in [-0.1, -0.05) is 6.07 Å². The number of ether oxygens (including phenoxy) is 1. The number of nitrogens with one attached hydrogen (secondary N) is 1. The number of hydrogen-bond acceptors (Lipinski definition) is 7. The summed E-state index contributed by atoms with van der Waals surface area (Å²) >= 11 is 0. The first-order valence-corrected chi connectivity index (χ1v) is 12.7. The number of anilines is 4. The third-order valence-electron chi connectivity index (χ3n) is 6.02. The van der Waals surface area contributed by atoms with Crippen LogP contribution in [-0.2, 0) is 22.2 Å². The molecule has 1 N–H and O–H groups in total. The topological polar surface area (TPSA) is 105 Å². The molecule has 2 aromatic heterocycles. The van der Waals surface area contributed by atoms with E-state index in [-0.39, 0.29) is 11.7 Å². The molecule has 2 aliphatic heterocycles. The number of carbonyl (C=O) groups excluding carboxylic acids is 1. The van der Waals surface area contributed by atoms with E-state index in [1.807, 2.05) is 36.9 Å². The van der Waals surface area contributed by atoms with Crippen LogP contribution < -0.4 is 19.3 Å². The number of rotatable bonds is 5. The molecule has 9 nitrogen and oxygen atoms in total. The van der Waals surface area contributed by atoms with Crippen molar-refractivity contribution in [1.82, 2.24) is 9.97 Å². The minimum absolute atomic E-state index is 0.0966. The van der Waals surface area contributed by atoms with Crippen LogP contribution in [0.2, 0.25) is 0 Å². The fourth-order valence-electron chi connectivity index (χ4n) is 4.31. The Hall–Kier alpha value is -3.66. The summed E-state index contributed by atoms with van der Waals surface area (Å²) in [5.41, 5.74) is 4.16. The number of fused-ring (bicyclic) bond motifs is 3. The predicted octanol–water partition coefficient (Wildman–Crippen LogP) is 3.41. The molecule has 2 aliphatic rings. The van der Waals surface area contributed by atoms with E-state index in [0.29, 0.717) is 53.8 Å². The van der Waals surface area contributed by atoms with Gasteiger partial charge in [-0.15, -0.1) is 0 Å². The first kappa shape index (κ1) is 22.1. The Balaban J connectivity index is 1.39. The number of sulfonamides is 1. The van der Waals surface area contributed by atoms with Crippen LogP contribution in [0.1, 0.15) is 34.1 Å². The second kappa shape index (κ2) is 8.28. The summed E-state index contributed by atoms with van der Waals surface area (Å²) < 4.78 is 32.2. The smallest absolute Gasteiger partial charge is 0.261 e. The van der Waals surface area contributed by atoms with Crippen LogP contribution in [-0.4, -0.2) is 44.5 Å². The Kier molecular flexibility index (Phi) is 5.40. The van der Waals surface area contributed by atoms with Gasteiger partial charge in [0.1, 0.15) is 11.6 Å². The van der Waals surface area contributed by atoms with E-state index in [2.05, 4.69) is 14.7 Å². The van der Waals surface area contributed by atoms with Crippen LogP contribution in [0.3, 0.4) is 0 Å². The number of aromatic nitrogens is 2. The van der Waals surface area contributed by atoms with Gasteiger partial charge in [-0.3, -0.25) is 9.52 Å². The van der Waals surface area contributed by atoms with E-state index in [4.69, 9.17) is 4.74 Å². The highest BCUT2D eigenvalue weighted by molar-refractivity contribution is 7.92. The van der Waals surface area contributed by atoms with Crippen LogP contribution in [0.5, 0.6) is 5.75 Å². The van der Waals surface area contributed by atoms with Crippen LogP contribution in [0.25, 0.3) is 0 Å². The van der Waals surface area contributed by atoms with Gasteiger partial charge in [0.15, 0.2) is 5.82 Å². The molecule has 0 atom stereocenters. The number of amides is 1. The Morgan fingerprint density at radius 1 is 1.18 bits per heavy atom. The number of nitrogens with zero attached hydrogens (tertiary/aromatic N) is 4. The maximum atomic E-state index is 13.3. The summed E-state index contributed by atoms with van der Waals surface area (Å²) in [4.78, 5) is 26.2. The first-order valence-electron chi connectivity index (χ1n) is 11.0. The second-order valence-electron chi connectivity index (χ2n) is 8.36. The molecule has 0 unspecified atom stereocenters. The number of benzene rings is 1. The second-order valence-corrected chi connectivity index (χ2v) is 10.1. The maximum absolute atomic E-state index is 13.3. The van der Waals surface area contributed by atoms with Crippen molar-refractivity contribution in [2.24, 2.45) is 0 Å². The van der Waals surface area contributed by atoms with Crippen LogP contribution in [0.15, 0.2) is 42.6 Å². The van der Waals surface area contributed by atoms with Crippen molar-refractivity contribution in [1.29, 1.82) is 0 Å². The van der Waals surface area contributed by atoms with Gasteiger partial charge in [0.05, 0.1) is 29.3 Å². The quantitative estimate of drug-likeness (QED) is 0.598. The summed E-state index contributed by atoms with van der Waals surface area (Å²) in [6.07, 6.45) is 2.26. The average molecular weight is 480 g/mol. The molecule has 0 saturated carbocycles. The first-order chi connectivity index (χ1) is 16.3. The molecule has 1 aromatic carbocycles. The van der Waals surface area contributed by atoms with Crippen molar-refractivity contribution in [2.75, 3.05) is 34.7 Å². The van der Waals surface area contributed by atoms with Gasteiger partial charge in [-0.25, -0.2) is 18.4 Å². The molecule has 176 valence electrons. The molecule has 1 amide bonds. The SMILES string of the molecule is CCN1c2ncc(CCOc3cccc4c3CS(=O)(=O)N4)cc2C(=O)N(C)c2ccc(C)nc21. The Bertz CT molecular complexity index is 1410. The fraction of sp³-hybridized carbons (Fsp3) is 0.292. The van der Waals surface area contributed by atoms with Gasteiger partial charge < -0.3 is 14.5 Å². The fourth-order valence-corrected chi connectivity index (χ4v) is 5.59. The molecule has 10 heteroatoms. The maximum Gasteiger partial charge on any atom is 0.261 e. The van der Waals surface area contributed by atoms with Gasteiger partial charge >= 0.3 is 0 Å². The minimum atomic E-state index is -3.36. The van der Waals surface area contributed by atoms with Crippen LogP contribution in [0.4, 0.5) is 23.0 Å². The number of carbonyl (C=O) groups is 1. The molecule has 0 saturated heterocycles. The van der Waals surface area contributed by atoms with Crippen LogP contribution in [0, 0.1) is 6.92 Å². The summed E-state index contributed by atoms with van der Waals surface area (Å²) in [5, 5.41) is 0. The monoisotopic (exact) mass is 479 g/mol. The van der Waals surface area contributed by atoms with Gasteiger partial charge in [-0.05, 0) is 49.7 Å². The highest BCUT2D eigenvalue weighted by atomic mass is 32.2. The largest absolute Gasteiger partial charge is 0.493 e. The van der Waals surface area contributed by atoms with E-state index >= 15 is 0 Å². The summed E-state index contributed by atoms with van der Waals surface area (Å²) in [6, 6.07) is 10.9. The highest BCUT2D eigenvalue weighted by Crippen LogP contribution is 2.38. The van der Waals surface area contributed by atoms with Crippen molar-refractivity contribution in [3.63, 3.8) is 0 Å². The lowest BCUT2D eigenvalue weighted by molar-refractivity contribution is 0.0994. The van der Waals surface area contributed by atoms with Crippen molar-refractivity contribution in [3.05, 3.63) is 65.0 Å². The molecule has 34 heavy (non-hydrogen) atoms. The van der Waals surface area contributed by atoms with E-state index < -0.39 is 10.0 Å². The standard InChI is InChI=1S/C24H25N5O4S/c1-4-29-22-17(24(30)28(3)20-9-8-15(2)26-23(20)29)12-16(13-25-22)10-11-33-21-7-5-6-19-18(21)14-34(31,32)27-19/h5-9,12-13,27H,4,10-11,14H2,1-3H3. The van der Waals surface area contributed by atoms with Crippen LogP contribution >= 0.6 is 0 Å². The van der Waals surface area contributed by atoms with Crippen molar-refractivity contribution < 1.29 is 17.9 Å². The molecule has 4 heterocycles. The molecule has 0 radical (unpaired) electrons. The molecule has 5 rings (SSSR count). The number of hydrogen-bond donors (Lipinski definition) is 1. The molecule has 0 bridgehead atoms. The molecular formula is C24H25N5O4S. The third kappa shape index (κ3) is 3.83. The molecule has 0 aliphatic carbocycles. The normalized spacial score (nSPS) is 15.8. The predicted molar refractivity (Wildman–Crippen MR) is 131 cm³/mol. The van der Waals surface area contributed by atoms with E-state index in [0.717, 1.165) is 16.9 Å². The summed E-state index contributed by atoms with van der Waals surface area (Å²) in [6.45, 7) is 4.86. The molecule has 3 aromatic rings. The van der Waals surface area contributed by atoms with Gasteiger partial charge in [-0.2, -0.15) is 0 Å². The number of aryl methyl sites for hydroxylation is 1. The van der Waals surface area contributed by atoms with Gasteiger partial charge in [0, 0.05) is 37.5 Å². The van der Waals surface area contributed by atoms with E-state index in [1.165, 1.54) is 0 Å². The Morgan fingerprint density at radius 2 is 2.00 bits per heavy atom. The van der Waals surface area contributed by atoms with Crippen molar-refractivity contribution in [3.8, 4) is 5.75 Å². The molecule has 0 spiro atoms. The number of pyridine rings is 2. The lowest BCUT2D eigenvalue weighted by Crippen LogP contribution is -2.25. The van der Waals surface area contributed by atoms with Gasteiger partial charge in [0.2, 0.25) is 10.0 Å². The summed E-state index contributed by atoms with van der Waals surface area (Å²) in [5.74, 6) is 1.59. The summed E-state index contributed by atoms with van der Waals surface area (Å²) in [7, 11) is -1.61. The van der Waals surface area contributed by atoms with E-state index in [1.54, 1.807) is 36.3 Å². The molecule has 0 fully saturated rings. The average Bonchev–Trinajstić information content (AvgIpc) is 3.10. The lowest BCUT2D eigenvalue weighted by atomic mass is 10.1. The highest BCUT2D eigenvalue weighted by Gasteiger charge is 2.31. The minimum Gasteiger partial charge on any atom is -0.493 e. The Morgan fingerprint density at radius 3 is 2.79 bits per heavy atom.